The molecule has 1 unspecified atom stereocenters. The summed E-state index contributed by atoms with van der Waals surface area (Å²) in [6.07, 6.45) is 1.48. The number of nitrogens with one attached hydrogen (secondary N) is 2. The van der Waals surface area contributed by atoms with Crippen LogP contribution >= 0.6 is 23.2 Å². The van der Waals surface area contributed by atoms with Crippen molar-refractivity contribution < 1.29 is 13.9 Å². The van der Waals surface area contributed by atoms with Crippen LogP contribution in [-0.4, -0.2) is 44.3 Å². The maximum Gasteiger partial charge on any atom is 0.335 e. The number of carbonyl (C=O) groups excluding carboxylic acids is 1. The zero-order valence-corrected chi connectivity index (χ0v) is 20.4. The van der Waals surface area contributed by atoms with E-state index in [0.717, 1.165) is 5.52 Å². The van der Waals surface area contributed by atoms with E-state index in [0.29, 0.717) is 27.6 Å². The highest BCUT2D eigenvalue weighted by Gasteiger charge is 2.21. The minimum Gasteiger partial charge on any atom is -0.466 e. The van der Waals surface area contributed by atoms with Gasteiger partial charge in [-0.2, -0.15) is 4.98 Å². The number of amides is 1. The number of benzene rings is 3. The summed E-state index contributed by atoms with van der Waals surface area (Å²) in [6, 6.07) is 16.6. The number of imidazole rings is 1. The molecule has 2 N–H and O–H groups in total. The van der Waals surface area contributed by atoms with Crippen LogP contribution in [0.5, 0.6) is 6.01 Å². The van der Waals surface area contributed by atoms with Gasteiger partial charge >= 0.3 is 6.01 Å². The average Bonchev–Trinajstić information content (AvgIpc) is 3.51. The van der Waals surface area contributed by atoms with Crippen molar-refractivity contribution in [2.45, 2.75) is 5.92 Å². The molecule has 182 valence electrons. The fraction of sp³-hybridized carbons (Fsp3) is 0.120. The summed E-state index contributed by atoms with van der Waals surface area (Å²) in [7, 11) is 1.47. The Kier molecular flexibility index (Phi) is 6.58. The monoisotopic (exact) mass is 524 g/mol. The van der Waals surface area contributed by atoms with Crippen LogP contribution in [0.3, 0.4) is 0 Å². The maximum atomic E-state index is 14.0. The van der Waals surface area contributed by atoms with E-state index in [2.05, 4.69) is 25.4 Å². The largest absolute Gasteiger partial charge is 0.466 e. The molecular weight excluding hydrogens is 506 g/mol. The van der Waals surface area contributed by atoms with Gasteiger partial charge in [-0.1, -0.05) is 35.3 Å². The Labute approximate surface area is 215 Å². The smallest absolute Gasteiger partial charge is 0.335 e. The summed E-state index contributed by atoms with van der Waals surface area (Å²) >= 11 is 12.5. The predicted octanol–water partition coefficient (Wildman–Crippen LogP) is 5.16. The lowest BCUT2D eigenvalue weighted by Gasteiger charge is -2.17. The number of halogens is 3. The van der Waals surface area contributed by atoms with Crippen LogP contribution in [0.4, 0.5) is 4.39 Å². The normalized spacial score (nSPS) is 12.0. The number of H-pyrrole nitrogens is 1. The van der Waals surface area contributed by atoms with Crippen molar-refractivity contribution in [1.29, 1.82) is 0 Å². The lowest BCUT2D eigenvalue weighted by molar-refractivity contribution is 0.0952. The third kappa shape index (κ3) is 4.89. The zero-order chi connectivity index (χ0) is 25.2. The van der Waals surface area contributed by atoms with E-state index in [9.17, 15) is 9.18 Å². The minimum atomic E-state index is -0.448. The molecule has 36 heavy (non-hydrogen) atoms. The van der Waals surface area contributed by atoms with Gasteiger partial charge in [0.2, 0.25) is 0 Å². The summed E-state index contributed by atoms with van der Waals surface area (Å²) in [6.45, 7) is 0.147. The van der Waals surface area contributed by atoms with Gasteiger partial charge in [0.1, 0.15) is 18.0 Å². The molecule has 0 aliphatic rings. The zero-order valence-electron chi connectivity index (χ0n) is 18.9. The maximum absolute atomic E-state index is 14.0. The van der Waals surface area contributed by atoms with E-state index in [1.54, 1.807) is 48.5 Å². The molecular formula is C25H19Cl2FN6O2. The number of ether oxygens (including phenoxy) is 1. The fourth-order valence-electron chi connectivity index (χ4n) is 3.85. The third-order valence-electron chi connectivity index (χ3n) is 5.63. The number of aromatic amines is 1. The Balaban J connectivity index is 1.40. The van der Waals surface area contributed by atoms with Crippen LogP contribution in [0.1, 0.15) is 27.7 Å². The van der Waals surface area contributed by atoms with Crippen LogP contribution in [0.2, 0.25) is 10.0 Å². The highest BCUT2D eigenvalue weighted by atomic mass is 35.5. The Hall–Kier alpha value is -3.95. The van der Waals surface area contributed by atoms with Crippen LogP contribution in [0.25, 0.3) is 16.7 Å². The number of hydrogen-bond donors (Lipinski definition) is 2. The number of carbonyl (C=O) groups is 1. The second kappa shape index (κ2) is 9.96. The van der Waals surface area contributed by atoms with Crippen molar-refractivity contribution >= 4 is 40.1 Å². The molecule has 5 aromatic rings. The molecule has 0 aliphatic heterocycles. The van der Waals surface area contributed by atoms with Gasteiger partial charge in [0, 0.05) is 11.6 Å². The lowest BCUT2D eigenvalue weighted by Crippen LogP contribution is -2.29. The number of rotatable bonds is 7. The first-order chi connectivity index (χ1) is 17.4. The van der Waals surface area contributed by atoms with Gasteiger partial charge in [-0.25, -0.2) is 14.1 Å². The summed E-state index contributed by atoms with van der Waals surface area (Å²) in [4.78, 5) is 24.9. The van der Waals surface area contributed by atoms with Gasteiger partial charge in [-0.05, 0) is 54.1 Å². The standard InChI is InChI=1S/C25H19Cl2FN6O2/c1-36-25-30-13-34(33-25)17-6-7-18(20(27)11-17)24(35)29-12-19(14-3-2-4-16(28)9-14)23-31-21-8-5-15(26)10-22(21)32-23/h2-11,13,19H,12H2,1H3,(H,29,35)(H,31,32). The molecule has 0 spiro atoms. The number of nitrogens with zero attached hydrogens (tertiary/aromatic N) is 4. The van der Waals surface area contributed by atoms with Crippen molar-refractivity contribution in [2.24, 2.45) is 0 Å². The predicted molar refractivity (Wildman–Crippen MR) is 135 cm³/mol. The van der Waals surface area contributed by atoms with Crippen LogP contribution in [0.15, 0.2) is 67.0 Å². The molecule has 0 saturated carbocycles. The Morgan fingerprint density at radius 1 is 1.17 bits per heavy atom. The van der Waals surface area contributed by atoms with Crippen molar-refractivity contribution in [2.75, 3.05) is 13.7 Å². The average molecular weight is 525 g/mol. The Bertz CT molecular complexity index is 1570. The summed E-state index contributed by atoms with van der Waals surface area (Å²) in [5.41, 5.74) is 3.01. The van der Waals surface area contributed by atoms with E-state index in [1.807, 2.05) is 0 Å². The molecule has 11 heteroatoms. The number of fused-ring (bicyclic) bond motifs is 1. The quantitative estimate of drug-likeness (QED) is 0.306. The summed E-state index contributed by atoms with van der Waals surface area (Å²) < 4.78 is 20.5. The third-order valence-corrected chi connectivity index (χ3v) is 6.17. The number of hydrogen-bond acceptors (Lipinski definition) is 5. The second-order valence-corrected chi connectivity index (χ2v) is 8.78. The summed E-state index contributed by atoms with van der Waals surface area (Å²) in [5, 5.41) is 7.85. The molecule has 0 saturated heterocycles. The molecule has 8 nitrogen and oxygen atoms in total. The first kappa shape index (κ1) is 23.8. The fourth-order valence-corrected chi connectivity index (χ4v) is 4.28. The minimum absolute atomic E-state index is 0.147. The molecule has 1 amide bonds. The number of methoxy groups -OCH3 is 1. The molecule has 1 atom stereocenters. The Morgan fingerprint density at radius 2 is 2.03 bits per heavy atom. The van der Waals surface area contributed by atoms with Crippen LogP contribution in [-0.2, 0) is 0 Å². The van der Waals surface area contributed by atoms with E-state index in [4.69, 9.17) is 27.9 Å². The highest BCUT2D eigenvalue weighted by Crippen LogP contribution is 2.27. The number of aromatic nitrogens is 5. The Morgan fingerprint density at radius 3 is 2.78 bits per heavy atom. The molecule has 2 heterocycles. The molecule has 5 rings (SSSR count). The first-order valence-electron chi connectivity index (χ1n) is 10.9. The molecule has 2 aromatic heterocycles. The van der Waals surface area contributed by atoms with Gasteiger partial charge in [-0.3, -0.25) is 4.79 Å². The van der Waals surface area contributed by atoms with Gasteiger partial charge < -0.3 is 15.0 Å². The van der Waals surface area contributed by atoms with E-state index in [-0.39, 0.29) is 34.9 Å². The molecule has 0 aliphatic carbocycles. The van der Waals surface area contributed by atoms with Crippen LogP contribution < -0.4 is 10.1 Å². The van der Waals surface area contributed by atoms with Crippen molar-refractivity contribution in [3.05, 3.63) is 99.8 Å². The van der Waals surface area contributed by atoms with Crippen molar-refractivity contribution in [3.63, 3.8) is 0 Å². The topological polar surface area (TPSA) is 97.7 Å². The van der Waals surface area contributed by atoms with E-state index < -0.39 is 5.92 Å². The van der Waals surface area contributed by atoms with Crippen molar-refractivity contribution in [3.8, 4) is 11.7 Å². The highest BCUT2D eigenvalue weighted by molar-refractivity contribution is 6.34. The van der Waals surface area contributed by atoms with Crippen molar-refractivity contribution in [1.82, 2.24) is 30.0 Å². The lowest BCUT2D eigenvalue weighted by atomic mass is 9.98. The van der Waals surface area contributed by atoms with Crippen LogP contribution in [0, 0.1) is 5.82 Å². The van der Waals surface area contributed by atoms with Gasteiger partial charge in [0.25, 0.3) is 5.91 Å². The molecule has 3 aromatic carbocycles. The summed E-state index contributed by atoms with van der Waals surface area (Å²) in [5.74, 6) is -0.647. The first-order valence-corrected chi connectivity index (χ1v) is 11.6. The SMILES string of the molecule is COc1ncn(-c2ccc(C(=O)NCC(c3cccc(F)c3)c3nc4ccc(Cl)cc4[nH]3)c(Cl)c2)n1. The van der Waals surface area contributed by atoms with E-state index in [1.165, 1.54) is 30.3 Å². The molecule has 0 fully saturated rings. The molecule has 0 bridgehead atoms. The molecule has 0 radical (unpaired) electrons. The van der Waals surface area contributed by atoms with Gasteiger partial charge in [0.05, 0.1) is 40.3 Å². The van der Waals surface area contributed by atoms with E-state index >= 15 is 0 Å². The van der Waals surface area contributed by atoms with Gasteiger partial charge in [0.15, 0.2) is 0 Å². The second-order valence-electron chi connectivity index (χ2n) is 7.94. The van der Waals surface area contributed by atoms with Gasteiger partial charge in [-0.15, -0.1) is 5.10 Å².